The van der Waals surface area contributed by atoms with E-state index >= 15 is 0 Å². The third-order valence-electron chi connectivity index (χ3n) is 2.71. The molecule has 1 aromatic heterocycles. The minimum absolute atomic E-state index is 0.327. The first-order chi connectivity index (χ1) is 9.10. The Morgan fingerprint density at radius 1 is 1.47 bits per heavy atom. The van der Waals surface area contributed by atoms with Gasteiger partial charge in [-0.1, -0.05) is 12.1 Å². The molecule has 0 amide bonds. The molecule has 0 radical (unpaired) electrons. The second-order valence-corrected chi connectivity index (χ2v) is 5.05. The van der Waals surface area contributed by atoms with Gasteiger partial charge in [-0.2, -0.15) is 5.26 Å². The van der Waals surface area contributed by atoms with Gasteiger partial charge in [0.25, 0.3) is 0 Å². The van der Waals surface area contributed by atoms with Crippen LogP contribution in [0.15, 0.2) is 35.7 Å². The lowest BCUT2D eigenvalue weighted by molar-refractivity contribution is 0.0702. The van der Waals surface area contributed by atoms with E-state index in [0.29, 0.717) is 17.0 Å². The number of carboxylic acid groups (broad SMARTS) is 1. The second kappa shape index (κ2) is 5.55. The summed E-state index contributed by atoms with van der Waals surface area (Å²) in [6.45, 7) is 0.630. The van der Waals surface area contributed by atoms with E-state index in [1.807, 2.05) is 35.5 Å². The number of anilines is 1. The molecule has 5 heteroatoms. The van der Waals surface area contributed by atoms with Gasteiger partial charge in [-0.15, -0.1) is 11.3 Å². The predicted octanol–water partition coefficient (Wildman–Crippen LogP) is 2.95. The molecular formula is C14H12N2O2S. The van der Waals surface area contributed by atoms with Crippen LogP contribution in [0.3, 0.4) is 0 Å². The minimum atomic E-state index is -0.906. The van der Waals surface area contributed by atoms with E-state index in [9.17, 15) is 4.79 Å². The van der Waals surface area contributed by atoms with Crippen molar-refractivity contribution in [3.05, 3.63) is 51.7 Å². The van der Waals surface area contributed by atoms with Gasteiger partial charge in [0, 0.05) is 24.7 Å². The summed E-state index contributed by atoms with van der Waals surface area (Å²) in [6, 6.07) is 11.1. The van der Waals surface area contributed by atoms with Crippen LogP contribution in [-0.4, -0.2) is 18.1 Å². The van der Waals surface area contributed by atoms with Crippen molar-refractivity contribution in [2.75, 3.05) is 11.9 Å². The Balaban J connectivity index is 2.13. The Morgan fingerprint density at radius 3 is 2.89 bits per heavy atom. The minimum Gasteiger partial charge on any atom is -0.477 e. The van der Waals surface area contributed by atoms with Gasteiger partial charge >= 0.3 is 5.97 Å². The fraction of sp³-hybridized carbons (Fsp3) is 0.143. The number of thiophene rings is 1. The fourth-order valence-electron chi connectivity index (χ4n) is 1.74. The number of aromatic carboxylic acids is 1. The molecule has 0 saturated carbocycles. The van der Waals surface area contributed by atoms with Crippen molar-refractivity contribution in [3.8, 4) is 6.07 Å². The maximum atomic E-state index is 10.8. The van der Waals surface area contributed by atoms with Crippen LogP contribution in [-0.2, 0) is 6.54 Å². The van der Waals surface area contributed by atoms with Crippen LogP contribution in [0.25, 0.3) is 0 Å². The van der Waals surface area contributed by atoms with Crippen LogP contribution in [0.4, 0.5) is 5.69 Å². The van der Waals surface area contributed by atoms with Crippen LogP contribution in [0.2, 0.25) is 0 Å². The number of benzene rings is 1. The predicted molar refractivity (Wildman–Crippen MR) is 74.5 cm³/mol. The van der Waals surface area contributed by atoms with Crippen LogP contribution >= 0.6 is 11.3 Å². The number of carboxylic acids is 1. The Morgan fingerprint density at radius 2 is 2.26 bits per heavy atom. The van der Waals surface area contributed by atoms with E-state index in [2.05, 4.69) is 6.07 Å². The van der Waals surface area contributed by atoms with E-state index in [-0.39, 0.29) is 0 Å². The molecule has 1 heterocycles. The highest BCUT2D eigenvalue weighted by Gasteiger charge is 2.10. The highest BCUT2D eigenvalue weighted by atomic mass is 32.1. The number of nitriles is 1. The topological polar surface area (TPSA) is 64.3 Å². The molecule has 1 aromatic carbocycles. The standard InChI is InChI=1S/C14H12N2O2S/c1-16(12-6-13(14(17)18)19-9-12)8-11-4-2-3-10(5-11)7-15/h2-6,9H,8H2,1H3,(H,17,18). The van der Waals surface area contributed by atoms with Crippen molar-refractivity contribution in [3.63, 3.8) is 0 Å². The van der Waals surface area contributed by atoms with E-state index in [1.165, 1.54) is 11.3 Å². The van der Waals surface area contributed by atoms with Crippen LogP contribution in [0, 0.1) is 11.3 Å². The molecule has 2 rings (SSSR count). The van der Waals surface area contributed by atoms with Crippen molar-refractivity contribution in [2.24, 2.45) is 0 Å². The van der Waals surface area contributed by atoms with Gasteiger partial charge in [-0.3, -0.25) is 0 Å². The normalized spacial score (nSPS) is 9.89. The van der Waals surface area contributed by atoms with Crippen molar-refractivity contribution >= 4 is 23.0 Å². The summed E-state index contributed by atoms with van der Waals surface area (Å²) >= 11 is 1.21. The number of carbonyl (C=O) groups is 1. The molecule has 0 fully saturated rings. The summed E-state index contributed by atoms with van der Waals surface area (Å²) < 4.78 is 0. The fourth-order valence-corrected chi connectivity index (χ4v) is 2.53. The van der Waals surface area contributed by atoms with Crippen LogP contribution in [0.5, 0.6) is 0 Å². The molecule has 0 aliphatic rings. The van der Waals surface area contributed by atoms with Gasteiger partial charge in [0.1, 0.15) is 4.88 Å². The molecule has 0 aliphatic carbocycles. The molecule has 0 saturated heterocycles. The molecule has 0 unspecified atom stereocenters. The van der Waals surface area contributed by atoms with Crippen molar-refractivity contribution in [1.29, 1.82) is 5.26 Å². The van der Waals surface area contributed by atoms with Crippen molar-refractivity contribution in [2.45, 2.75) is 6.54 Å². The summed E-state index contributed by atoms with van der Waals surface area (Å²) in [6.07, 6.45) is 0. The first-order valence-electron chi connectivity index (χ1n) is 5.62. The molecule has 0 aliphatic heterocycles. The molecule has 0 spiro atoms. The van der Waals surface area contributed by atoms with Gasteiger partial charge in [-0.25, -0.2) is 4.79 Å². The van der Waals surface area contributed by atoms with Gasteiger partial charge in [-0.05, 0) is 23.8 Å². The number of hydrogen-bond donors (Lipinski definition) is 1. The van der Waals surface area contributed by atoms with Gasteiger partial charge < -0.3 is 10.0 Å². The van der Waals surface area contributed by atoms with Crippen molar-refractivity contribution in [1.82, 2.24) is 0 Å². The molecule has 2 aromatic rings. The van der Waals surface area contributed by atoms with E-state index < -0.39 is 5.97 Å². The Kier molecular flexibility index (Phi) is 3.83. The summed E-state index contributed by atoms with van der Waals surface area (Å²) in [4.78, 5) is 13.1. The van der Waals surface area contributed by atoms with E-state index in [0.717, 1.165) is 11.3 Å². The van der Waals surface area contributed by atoms with Gasteiger partial charge in [0.15, 0.2) is 0 Å². The van der Waals surface area contributed by atoms with E-state index in [1.54, 1.807) is 12.1 Å². The number of hydrogen-bond acceptors (Lipinski definition) is 4. The number of nitrogens with zero attached hydrogens (tertiary/aromatic N) is 2. The van der Waals surface area contributed by atoms with Crippen molar-refractivity contribution < 1.29 is 9.90 Å². The summed E-state index contributed by atoms with van der Waals surface area (Å²) in [5, 5.41) is 19.6. The lowest BCUT2D eigenvalue weighted by Gasteiger charge is -2.17. The summed E-state index contributed by atoms with van der Waals surface area (Å²) in [7, 11) is 1.90. The molecule has 1 N–H and O–H groups in total. The Hall–Kier alpha value is -2.32. The third kappa shape index (κ3) is 3.12. The smallest absolute Gasteiger partial charge is 0.345 e. The lowest BCUT2D eigenvalue weighted by Crippen LogP contribution is -2.15. The monoisotopic (exact) mass is 272 g/mol. The molecule has 0 atom stereocenters. The maximum absolute atomic E-state index is 10.8. The SMILES string of the molecule is CN(Cc1cccc(C#N)c1)c1csc(C(=O)O)c1. The zero-order chi connectivity index (χ0) is 13.8. The molecule has 19 heavy (non-hydrogen) atoms. The van der Waals surface area contributed by atoms with Crippen LogP contribution in [0.1, 0.15) is 20.8 Å². The van der Waals surface area contributed by atoms with E-state index in [4.69, 9.17) is 10.4 Å². The quantitative estimate of drug-likeness (QED) is 0.929. The van der Waals surface area contributed by atoms with Gasteiger partial charge in [0.05, 0.1) is 11.6 Å². The first-order valence-corrected chi connectivity index (χ1v) is 6.50. The second-order valence-electron chi connectivity index (χ2n) is 4.14. The van der Waals surface area contributed by atoms with Crippen LogP contribution < -0.4 is 4.90 Å². The summed E-state index contributed by atoms with van der Waals surface area (Å²) in [5.41, 5.74) is 2.51. The average molecular weight is 272 g/mol. The zero-order valence-corrected chi connectivity index (χ0v) is 11.1. The highest BCUT2D eigenvalue weighted by molar-refractivity contribution is 7.12. The summed E-state index contributed by atoms with van der Waals surface area (Å²) in [5.74, 6) is -0.906. The number of rotatable bonds is 4. The third-order valence-corrected chi connectivity index (χ3v) is 3.62. The first kappa shape index (κ1) is 13.1. The Labute approximate surface area is 115 Å². The zero-order valence-electron chi connectivity index (χ0n) is 10.3. The molecule has 96 valence electrons. The molecule has 4 nitrogen and oxygen atoms in total. The Bertz CT molecular complexity index is 643. The largest absolute Gasteiger partial charge is 0.477 e. The highest BCUT2D eigenvalue weighted by Crippen LogP contribution is 2.23. The maximum Gasteiger partial charge on any atom is 0.345 e. The molecular weight excluding hydrogens is 260 g/mol. The van der Waals surface area contributed by atoms with Gasteiger partial charge in [0.2, 0.25) is 0 Å². The lowest BCUT2D eigenvalue weighted by atomic mass is 10.1. The average Bonchev–Trinajstić information content (AvgIpc) is 2.89. The molecule has 0 bridgehead atoms.